The summed E-state index contributed by atoms with van der Waals surface area (Å²) >= 11 is 0. The van der Waals surface area contributed by atoms with E-state index in [0.717, 1.165) is 55.1 Å². The number of likely N-dealkylation sites (N-methyl/N-ethyl adjacent to an activating group) is 1. The highest BCUT2D eigenvalue weighted by atomic mass is 19.4. The van der Waals surface area contributed by atoms with E-state index in [1.165, 1.54) is 17.9 Å². The summed E-state index contributed by atoms with van der Waals surface area (Å²) in [4.78, 5) is 40.0. The number of nitrogens with zero attached hydrogens (tertiary/aromatic N) is 8. The van der Waals surface area contributed by atoms with Gasteiger partial charge >= 0.3 is 6.18 Å². The van der Waals surface area contributed by atoms with E-state index in [-0.39, 0.29) is 18.3 Å². The van der Waals surface area contributed by atoms with Crippen LogP contribution in [0.25, 0.3) is 22.8 Å². The molecule has 4 aromatic rings. The van der Waals surface area contributed by atoms with Gasteiger partial charge in [-0.05, 0) is 37.7 Å². The first kappa shape index (κ1) is 28.2. The van der Waals surface area contributed by atoms with Gasteiger partial charge < -0.3 is 19.1 Å². The molecule has 3 aliphatic rings. The van der Waals surface area contributed by atoms with Gasteiger partial charge in [0.05, 0.1) is 24.9 Å². The third-order valence-corrected chi connectivity index (χ3v) is 9.07. The molecule has 44 heavy (non-hydrogen) atoms. The van der Waals surface area contributed by atoms with Crippen molar-refractivity contribution in [3.8, 4) is 28.7 Å². The summed E-state index contributed by atoms with van der Waals surface area (Å²) in [6.07, 6.45) is 4.49. The summed E-state index contributed by atoms with van der Waals surface area (Å²) in [5.74, 6) is 2.03. The topological polar surface area (TPSA) is 102 Å². The maximum atomic E-state index is 13.6. The number of rotatable bonds is 6. The Labute approximate surface area is 252 Å². The normalized spacial score (nSPS) is 17.8. The number of carbonyl (C=O) groups excluding carboxylic acids is 1. The molecular weight excluding hydrogens is 573 g/mol. The van der Waals surface area contributed by atoms with E-state index in [2.05, 4.69) is 15.0 Å². The van der Waals surface area contributed by atoms with Crippen LogP contribution in [-0.2, 0) is 30.1 Å². The Morgan fingerprint density at radius 3 is 2.41 bits per heavy atom. The average Bonchev–Trinajstić information content (AvgIpc) is 3.77. The molecule has 2 aliphatic carbocycles. The van der Waals surface area contributed by atoms with Crippen molar-refractivity contribution in [1.82, 2.24) is 34.4 Å². The number of methoxy groups -OCH3 is 1. The number of hydrogen-bond donors (Lipinski definition) is 0. The van der Waals surface area contributed by atoms with E-state index in [4.69, 9.17) is 14.7 Å². The second-order valence-electron chi connectivity index (χ2n) is 11.8. The molecule has 0 radical (unpaired) electrons. The molecule has 13 heteroatoms. The van der Waals surface area contributed by atoms with Gasteiger partial charge in [0.1, 0.15) is 23.5 Å². The number of aromatic nitrogens is 6. The van der Waals surface area contributed by atoms with Crippen LogP contribution in [0.2, 0.25) is 0 Å². The lowest BCUT2D eigenvalue weighted by atomic mass is 9.71. The zero-order valence-electron chi connectivity index (χ0n) is 24.6. The van der Waals surface area contributed by atoms with E-state index >= 15 is 0 Å². The van der Waals surface area contributed by atoms with Crippen LogP contribution < -0.4 is 9.64 Å². The molecule has 2 fully saturated rings. The highest BCUT2D eigenvalue weighted by molar-refractivity contribution is 5.85. The van der Waals surface area contributed by atoms with Crippen LogP contribution in [0.15, 0.2) is 43.0 Å². The molecule has 1 aromatic carbocycles. The zero-order chi connectivity index (χ0) is 30.8. The monoisotopic (exact) mass is 604 g/mol. The van der Waals surface area contributed by atoms with Gasteiger partial charge in [-0.1, -0.05) is 24.3 Å². The molecule has 1 amide bonds. The number of imidazole rings is 1. The number of halogens is 3. The van der Waals surface area contributed by atoms with E-state index in [1.807, 2.05) is 35.2 Å². The number of hydrogen-bond acceptors (Lipinski definition) is 8. The van der Waals surface area contributed by atoms with Gasteiger partial charge in [0.25, 0.3) is 0 Å². The predicted molar refractivity (Wildman–Crippen MR) is 155 cm³/mol. The van der Waals surface area contributed by atoms with Gasteiger partial charge in [0.2, 0.25) is 11.8 Å². The maximum absolute atomic E-state index is 13.6. The Kier molecular flexibility index (Phi) is 6.59. The third kappa shape index (κ3) is 4.65. The summed E-state index contributed by atoms with van der Waals surface area (Å²) in [6.45, 7) is 0.460. The number of benzene rings is 1. The molecule has 228 valence electrons. The van der Waals surface area contributed by atoms with Gasteiger partial charge in [-0.15, -0.1) is 0 Å². The van der Waals surface area contributed by atoms with Crippen LogP contribution in [0.4, 0.5) is 19.0 Å². The van der Waals surface area contributed by atoms with Gasteiger partial charge in [-0.2, -0.15) is 13.2 Å². The van der Waals surface area contributed by atoms with Crippen LogP contribution in [0.3, 0.4) is 0 Å². The van der Waals surface area contributed by atoms with Gasteiger partial charge in [0.15, 0.2) is 11.5 Å². The van der Waals surface area contributed by atoms with Gasteiger partial charge in [-0.3, -0.25) is 4.79 Å². The largest absolute Gasteiger partial charge is 0.480 e. The third-order valence-electron chi connectivity index (χ3n) is 9.07. The van der Waals surface area contributed by atoms with Crippen molar-refractivity contribution in [1.29, 1.82) is 0 Å². The van der Waals surface area contributed by atoms with Crippen molar-refractivity contribution in [2.75, 3.05) is 25.6 Å². The first-order chi connectivity index (χ1) is 21.1. The fraction of sp³-hybridized carbons (Fsp3) is 0.419. The van der Waals surface area contributed by atoms with Crippen molar-refractivity contribution in [2.24, 2.45) is 7.05 Å². The Hall–Kier alpha value is -4.55. The van der Waals surface area contributed by atoms with E-state index < -0.39 is 17.4 Å². The highest BCUT2D eigenvalue weighted by Gasteiger charge is 2.49. The lowest BCUT2D eigenvalue weighted by Gasteiger charge is -2.48. The standard InChI is InChI=1S/C31H31F3N8O2/c1-40-15-22(31(32,33)34)38-27(40)20-7-5-18(6-8-20)14-42-16-23(43)41(2)30(11-4-12-30)21-13-35-26(39-28(21)42)24-25(19-9-10-19)36-17-37-29(24)44-3/h5-8,13,15,17,19H,4,9-12,14,16H2,1-3H3. The maximum Gasteiger partial charge on any atom is 0.434 e. The number of alkyl halides is 3. The number of carbonyl (C=O) groups is 1. The molecule has 2 saturated carbocycles. The number of ether oxygens (including phenoxy) is 1. The Balaban J connectivity index is 1.28. The van der Waals surface area contributed by atoms with Crippen molar-refractivity contribution in [2.45, 2.75) is 56.3 Å². The number of aryl methyl sites for hydroxylation is 1. The molecule has 0 bridgehead atoms. The summed E-state index contributed by atoms with van der Waals surface area (Å²) < 4.78 is 46.7. The van der Waals surface area contributed by atoms with E-state index in [1.54, 1.807) is 19.2 Å². The van der Waals surface area contributed by atoms with Crippen molar-refractivity contribution in [3.63, 3.8) is 0 Å². The van der Waals surface area contributed by atoms with Crippen molar-refractivity contribution < 1.29 is 22.7 Å². The van der Waals surface area contributed by atoms with Crippen LogP contribution >= 0.6 is 0 Å². The van der Waals surface area contributed by atoms with Crippen LogP contribution in [0.1, 0.15) is 60.5 Å². The number of anilines is 1. The second-order valence-corrected chi connectivity index (χ2v) is 11.8. The first-order valence-electron chi connectivity index (χ1n) is 14.6. The van der Waals surface area contributed by atoms with Crippen LogP contribution in [0.5, 0.6) is 5.88 Å². The molecule has 3 aromatic heterocycles. The van der Waals surface area contributed by atoms with E-state index in [9.17, 15) is 18.0 Å². The quantitative estimate of drug-likeness (QED) is 0.300. The van der Waals surface area contributed by atoms with E-state index in [0.29, 0.717) is 41.1 Å². The number of amides is 1. The van der Waals surface area contributed by atoms with Crippen LogP contribution in [-0.4, -0.2) is 61.0 Å². The van der Waals surface area contributed by atoms with Crippen molar-refractivity contribution in [3.05, 3.63) is 65.5 Å². The fourth-order valence-electron chi connectivity index (χ4n) is 6.34. The number of fused-ring (bicyclic) bond motifs is 2. The molecule has 0 unspecified atom stereocenters. The molecule has 0 atom stereocenters. The SMILES string of the molecule is COc1ncnc(C2CC2)c1-c1ncc2c(n1)N(Cc1ccc(-c3nc(C(F)(F)F)cn3C)cc1)CC(=O)N(C)C21CCC1. The Morgan fingerprint density at radius 1 is 1.05 bits per heavy atom. The van der Waals surface area contributed by atoms with Gasteiger partial charge in [0, 0.05) is 50.1 Å². The summed E-state index contributed by atoms with van der Waals surface area (Å²) in [5, 5.41) is 0. The van der Waals surface area contributed by atoms with Crippen LogP contribution in [0, 0.1) is 0 Å². The zero-order valence-corrected chi connectivity index (χ0v) is 24.6. The summed E-state index contributed by atoms with van der Waals surface area (Å²) in [5.41, 5.74) is 2.44. The first-order valence-corrected chi connectivity index (χ1v) is 14.6. The highest BCUT2D eigenvalue weighted by Crippen LogP contribution is 2.51. The molecular formula is C31H31F3N8O2. The molecule has 1 aliphatic heterocycles. The fourth-order valence-corrected chi connectivity index (χ4v) is 6.34. The minimum absolute atomic E-state index is 0.0205. The molecule has 0 saturated heterocycles. The predicted octanol–water partition coefficient (Wildman–Crippen LogP) is 5.10. The molecule has 7 rings (SSSR count). The minimum atomic E-state index is -4.52. The molecule has 4 heterocycles. The Bertz CT molecular complexity index is 1750. The Morgan fingerprint density at radius 2 is 1.80 bits per heavy atom. The summed E-state index contributed by atoms with van der Waals surface area (Å²) in [7, 11) is 4.95. The molecule has 1 spiro atoms. The lowest BCUT2D eigenvalue weighted by Crippen LogP contribution is -2.51. The smallest absolute Gasteiger partial charge is 0.434 e. The molecule has 0 N–H and O–H groups in total. The average molecular weight is 605 g/mol. The van der Waals surface area contributed by atoms with Gasteiger partial charge in [-0.25, -0.2) is 24.9 Å². The lowest BCUT2D eigenvalue weighted by molar-refractivity contribution is -0.141. The second kappa shape index (κ2) is 10.3. The molecule has 10 nitrogen and oxygen atoms in total. The summed E-state index contributed by atoms with van der Waals surface area (Å²) in [6, 6.07) is 7.18. The van der Waals surface area contributed by atoms with Crippen molar-refractivity contribution >= 4 is 11.7 Å². The minimum Gasteiger partial charge on any atom is -0.480 e.